The maximum atomic E-state index is 11.0. The Kier molecular flexibility index (Phi) is 4.10. The van der Waals surface area contributed by atoms with E-state index in [0.717, 1.165) is 17.0 Å². The van der Waals surface area contributed by atoms with Gasteiger partial charge in [-0.15, -0.1) is 0 Å². The van der Waals surface area contributed by atoms with E-state index in [4.69, 9.17) is 14.9 Å². The molecule has 5 heteroatoms. The number of carbonyl (C=O) groups excluding carboxylic acids is 1. The zero-order chi connectivity index (χ0) is 16.2. The van der Waals surface area contributed by atoms with Crippen molar-refractivity contribution >= 4 is 5.91 Å². The van der Waals surface area contributed by atoms with Crippen molar-refractivity contribution in [1.82, 2.24) is 4.98 Å². The van der Waals surface area contributed by atoms with E-state index in [1.807, 2.05) is 37.3 Å². The molecule has 116 valence electrons. The number of rotatable bonds is 5. The Labute approximate surface area is 133 Å². The summed E-state index contributed by atoms with van der Waals surface area (Å²) >= 11 is 0. The topological polar surface area (TPSA) is 78.3 Å². The van der Waals surface area contributed by atoms with Crippen molar-refractivity contribution in [2.24, 2.45) is 5.73 Å². The summed E-state index contributed by atoms with van der Waals surface area (Å²) in [4.78, 5) is 15.5. The lowest BCUT2D eigenvalue weighted by molar-refractivity contribution is 0.1000. The minimum absolute atomic E-state index is 0.290. The van der Waals surface area contributed by atoms with E-state index < -0.39 is 5.91 Å². The molecule has 1 aromatic heterocycles. The van der Waals surface area contributed by atoms with Crippen molar-refractivity contribution < 1.29 is 13.9 Å². The standard InChI is InChI=1S/C18H16N2O3/c1-12-16(20-18(23-12)14-5-3-2-4-6-14)11-22-15-9-7-13(8-10-15)17(19)21/h2-10H,11H2,1H3,(H2,19,21). The first-order valence-electron chi connectivity index (χ1n) is 7.18. The smallest absolute Gasteiger partial charge is 0.248 e. The first-order valence-corrected chi connectivity index (χ1v) is 7.18. The maximum Gasteiger partial charge on any atom is 0.248 e. The number of primary amides is 1. The number of carbonyl (C=O) groups is 1. The van der Waals surface area contributed by atoms with Gasteiger partial charge in [0.2, 0.25) is 11.8 Å². The summed E-state index contributed by atoms with van der Waals surface area (Å²) in [5, 5.41) is 0. The third-order valence-electron chi connectivity index (χ3n) is 3.43. The highest BCUT2D eigenvalue weighted by molar-refractivity contribution is 5.92. The number of hydrogen-bond acceptors (Lipinski definition) is 4. The van der Waals surface area contributed by atoms with Crippen LogP contribution >= 0.6 is 0 Å². The third kappa shape index (κ3) is 3.40. The summed E-state index contributed by atoms with van der Waals surface area (Å²) in [6.07, 6.45) is 0. The molecule has 0 unspecified atom stereocenters. The molecule has 0 spiro atoms. The molecule has 0 saturated carbocycles. The van der Waals surface area contributed by atoms with E-state index in [1.54, 1.807) is 24.3 Å². The predicted molar refractivity (Wildman–Crippen MR) is 86.0 cm³/mol. The Morgan fingerprint density at radius 2 is 1.83 bits per heavy atom. The summed E-state index contributed by atoms with van der Waals surface area (Å²) in [5.41, 5.74) is 7.31. The molecule has 0 bridgehead atoms. The van der Waals surface area contributed by atoms with E-state index in [0.29, 0.717) is 17.2 Å². The molecule has 0 aliphatic carbocycles. The second-order valence-corrected chi connectivity index (χ2v) is 5.07. The molecule has 0 saturated heterocycles. The van der Waals surface area contributed by atoms with Gasteiger partial charge in [0.1, 0.15) is 23.8 Å². The summed E-state index contributed by atoms with van der Waals surface area (Å²) in [6.45, 7) is 2.15. The number of benzene rings is 2. The summed E-state index contributed by atoms with van der Waals surface area (Å²) < 4.78 is 11.4. The molecule has 0 atom stereocenters. The van der Waals surface area contributed by atoms with Gasteiger partial charge in [-0.1, -0.05) is 18.2 Å². The van der Waals surface area contributed by atoms with Crippen molar-refractivity contribution in [3.63, 3.8) is 0 Å². The van der Waals surface area contributed by atoms with Crippen molar-refractivity contribution in [3.8, 4) is 17.2 Å². The largest absolute Gasteiger partial charge is 0.487 e. The van der Waals surface area contributed by atoms with Crippen LogP contribution in [-0.2, 0) is 6.61 Å². The lowest BCUT2D eigenvalue weighted by Gasteiger charge is -2.04. The molecule has 2 aromatic carbocycles. The molecule has 1 amide bonds. The number of amides is 1. The first-order chi connectivity index (χ1) is 11.1. The van der Waals surface area contributed by atoms with Crippen molar-refractivity contribution in [1.29, 1.82) is 0 Å². The van der Waals surface area contributed by atoms with E-state index in [9.17, 15) is 4.79 Å². The Balaban J connectivity index is 1.71. The van der Waals surface area contributed by atoms with Gasteiger partial charge in [-0.3, -0.25) is 4.79 Å². The first kappa shape index (κ1) is 14.8. The molecule has 2 N–H and O–H groups in total. The van der Waals surface area contributed by atoms with E-state index in [1.165, 1.54) is 0 Å². The average molecular weight is 308 g/mol. The fraction of sp³-hybridized carbons (Fsp3) is 0.111. The average Bonchev–Trinajstić information content (AvgIpc) is 2.95. The van der Waals surface area contributed by atoms with Crippen LogP contribution in [0.3, 0.4) is 0 Å². The molecule has 0 fully saturated rings. The predicted octanol–water partition coefficient (Wildman–Crippen LogP) is 3.33. The van der Waals surface area contributed by atoms with Crippen LogP contribution in [0.5, 0.6) is 5.75 Å². The van der Waals surface area contributed by atoms with Crippen LogP contribution in [-0.4, -0.2) is 10.9 Å². The summed E-state index contributed by atoms with van der Waals surface area (Å²) in [6, 6.07) is 16.4. The molecular weight excluding hydrogens is 292 g/mol. The molecule has 1 heterocycles. The number of oxazole rings is 1. The normalized spacial score (nSPS) is 10.5. The lowest BCUT2D eigenvalue weighted by atomic mass is 10.2. The molecule has 0 aliphatic heterocycles. The van der Waals surface area contributed by atoms with Gasteiger partial charge >= 0.3 is 0 Å². The van der Waals surface area contributed by atoms with Crippen LogP contribution in [0, 0.1) is 6.92 Å². The second kappa shape index (κ2) is 6.36. The van der Waals surface area contributed by atoms with E-state index in [2.05, 4.69) is 4.98 Å². The number of nitrogens with two attached hydrogens (primary N) is 1. The van der Waals surface area contributed by atoms with Crippen LogP contribution in [0.15, 0.2) is 59.0 Å². The van der Waals surface area contributed by atoms with E-state index >= 15 is 0 Å². The molecule has 5 nitrogen and oxygen atoms in total. The zero-order valence-corrected chi connectivity index (χ0v) is 12.7. The quantitative estimate of drug-likeness (QED) is 0.784. The van der Waals surface area contributed by atoms with E-state index in [-0.39, 0.29) is 6.61 Å². The van der Waals surface area contributed by atoms with Crippen molar-refractivity contribution in [3.05, 3.63) is 71.6 Å². The second-order valence-electron chi connectivity index (χ2n) is 5.07. The molecule has 0 radical (unpaired) electrons. The SMILES string of the molecule is Cc1oc(-c2ccccc2)nc1COc1ccc(C(N)=O)cc1. The monoisotopic (exact) mass is 308 g/mol. The minimum atomic E-state index is -0.462. The van der Waals surface area contributed by atoms with Gasteiger partial charge in [-0.2, -0.15) is 0 Å². The molecule has 3 rings (SSSR count). The van der Waals surface area contributed by atoms with Crippen LogP contribution in [0.25, 0.3) is 11.5 Å². The third-order valence-corrected chi connectivity index (χ3v) is 3.43. The number of aromatic nitrogens is 1. The highest BCUT2D eigenvalue weighted by Gasteiger charge is 2.12. The van der Waals surface area contributed by atoms with Crippen molar-refractivity contribution in [2.75, 3.05) is 0 Å². The van der Waals surface area contributed by atoms with Crippen LogP contribution in [0.1, 0.15) is 21.8 Å². The molecule has 23 heavy (non-hydrogen) atoms. The van der Waals surface area contributed by atoms with Crippen LogP contribution in [0.4, 0.5) is 0 Å². The Morgan fingerprint density at radius 3 is 2.48 bits per heavy atom. The maximum absolute atomic E-state index is 11.0. The van der Waals surface area contributed by atoms with Gasteiger partial charge in [0.15, 0.2) is 0 Å². The lowest BCUT2D eigenvalue weighted by Crippen LogP contribution is -2.10. The zero-order valence-electron chi connectivity index (χ0n) is 12.7. The Hall–Kier alpha value is -3.08. The summed E-state index contributed by atoms with van der Waals surface area (Å²) in [5.74, 6) is 1.47. The number of hydrogen-bond donors (Lipinski definition) is 1. The Morgan fingerprint density at radius 1 is 1.13 bits per heavy atom. The molecule has 3 aromatic rings. The number of aryl methyl sites for hydroxylation is 1. The van der Waals surface area contributed by atoms with Gasteiger partial charge in [-0.05, 0) is 43.3 Å². The number of ether oxygens (including phenoxy) is 1. The van der Waals surface area contributed by atoms with Gasteiger partial charge in [0.25, 0.3) is 0 Å². The highest BCUT2D eigenvalue weighted by Crippen LogP contribution is 2.22. The Bertz CT molecular complexity index is 808. The fourth-order valence-electron chi connectivity index (χ4n) is 2.13. The van der Waals surface area contributed by atoms with Gasteiger partial charge in [0.05, 0.1) is 0 Å². The van der Waals surface area contributed by atoms with Gasteiger partial charge in [-0.25, -0.2) is 4.98 Å². The van der Waals surface area contributed by atoms with Crippen LogP contribution < -0.4 is 10.5 Å². The fourth-order valence-corrected chi connectivity index (χ4v) is 2.13. The van der Waals surface area contributed by atoms with Gasteiger partial charge < -0.3 is 14.9 Å². The summed E-state index contributed by atoms with van der Waals surface area (Å²) in [7, 11) is 0. The van der Waals surface area contributed by atoms with Crippen LogP contribution in [0.2, 0.25) is 0 Å². The number of nitrogens with zero attached hydrogens (tertiary/aromatic N) is 1. The minimum Gasteiger partial charge on any atom is -0.487 e. The molecule has 0 aliphatic rings. The molecular formula is C18H16N2O3. The van der Waals surface area contributed by atoms with Crippen molar-refractivity contribution in [2.45, 2.75) is 13.5 Å². The highest BCUT2D eigenvalue weighted by atomic mass is 16.5. The van der Waals surface area contributed by atoms with Gasteiger partial charge in [0, 0.05) is 11.1 Å².